The van der Waals surface area contributed by atoms with Crippen molar-refractivity contribution in [3.8, 4) is 0 Å². The standard InChI is InChI=1S/C9H9FN3.3C4H9.Sn/c1-9(2,10)7-3-5-13-6-4-11-8(13)12-7;3*1-3-4-2;/h3-5H,1-2H3;3*1,3-4H2,2H3;. The van der Waals surface area contributed by atoms with Crippen LogP contribution in [-0.2, 0) is 5.67 Å². The third-order valence-corrected chi connectivity index (χ3v) is 20.9. The molecule has 2 aromatic heterocycles. The summed E-state index contributed by atoms with van der Waals surface area (Å²) in [6, 6.07) is 1.84. The maximum atomic E-state index is 14.3. The summed E-state index contributed by atoms with van der Waals surface area (Å²) >= 11 is -2.56. The Morgan fingerprint density at radius 3 is 2.00 bits per heavy atom. The quantitative estimate of drug-likeness (QED) is 0.380. The van der Waals surface area contributed by atoms with Crippen LogP contribution < -0.4 is 3.71 Å². The van der Waals surface area contributed by atoms with Crippen molar-refractivity contribution in [3.63, 3.8) is 0 Å². The minimum atomic E-state index is -2.56. The molecule has 2 rings (SSSR count). The van der Waals surface area contributed by atoms with Crippen LogP contribution in [0.4, 0.5) is 4.39 Å². The summed E-state index contributed by atoms with van der Waals surface area (Å²) in [4.78, 5) is 9.15. The van der Waals surface area contributed by atoms with E-state index in [-0.39, 0.29) is 0 Å². The van der Waals surface area contributed by atoms with Gasteiger partial charge in [0.2, 0.25) is 0 Å². The summed E-state index contributed by atoms with van der Waals surface area (Å²) in [5, 5.41) is 0. The number of unbranched alkanes of at least 4 members (excludes halogenated alkanes) is 3. The predicted octanol–water partition coefficient (Wildman–Crippen LogP) is 5.99. The van der Waals surface area contributed by atoms with Crippen LogP contribution in [0.3, 0.4) is 0 Å². The van der Waals surface area contributed by atoms with E-state index in [1.54, 1.807) is 13.8 Å². The molecule has 0 radical (unpaired) electrons. The number of imidazole rings is 1. The third-order valence-electron chi connectivity index (χ3n) is 5.56. The number of halogens is 1. The van der Waals surface area contributed by atoms with Gasteiger partial charge in [-0.3, -0.25) is 0 Å². The van der Waals surface area contributed by atoms with Gasteiger partial charge in [0.1, 0.15) is 0 Å². The van der Waals surface area contributed by atoms with E-state index in [2.05, 4.69) is 41.3 Å². The number of alkyl halides is 1. The SMILES string of the molecule is CCC[CH2][Sn]([CH2]CCC)([CH2]CCC)[c]1cnc2nc(C(C)(C)F)ccn12. The monoisotopic (exact) mass is 469 g/mol. The molecule has 0 aliphatic carbocycles. The first-order valence-electron chi connectivity index (χ1n) is 10.4. The minimum absolute atomic E-state index is 0.471. The molecule has 0 spiro atoms. The normalized spacial score (nSPS) is 12.8. The summed E-state index contributed by atoms with van der Waals surface area (Å²) in [6.45, 7) is 10.00. The Balaban J connectivity index is 2.51. The zero-order chi connectivity index (χ0) is 19.2. The number of rotatable bonds is 11. The van der Waals surface area contributed by atoms with E-state index in [0.717, 1.165) is 0 Å². The topological polar surface area (TPSA) is 30.2 Å². The van der Waals surface area contributed by atoms with E-state index >= 15 is 0 Å². The molecule has 0 aliphatic heterocycles. The molecule has 2 heterocycles. The second kappa shape index (κ2) is 9.52. The van der Waals surface area contributed by atoms with Crippen molar-refractivity contribution in [1.82, 2.24) is 14.4 Å². The predicted molar refractivity (Wildman–Crippen MR) is 112 cm³/mol. The molecule has 0 atom stereocenters. The van der Waals surface area contributed by atoms with Crippen molar-refractivity contribution >= 4 is 27.9 Å². The molecular formula is C21H36FN3Sn. The molecule has 0 fully saturated rings. The van der Waals surface area contributed by atoms with Gasteiger partial charge in [-0.2, -0.15) is 0 Å². The van der Waals surface area contributed by atoms with E-state index < -0.39 is 24.0 Å². The van der Waals surface area contributed by atoms with Crippen LogP contribution in [0.5, 0.6) is 0 Å². The summed E-state index contributed by atoms with van der Waals surface area (Å²) in [7, 11) is 0. The van der Waals surface area contributed by atoms with Crippen LogP contribution in [0, 0.1) is 0 Å². The number of aromatic nitrogens is 3. The number of nitrogens with zero attached hydrogens (tertiary/aromatic N) is 3. The second-order valence-corrected chi connectivity index (χ2v) is 21.2. The molecule has 0 bridgehead atoms. The summed E-state index contributed by atoms with van der Waals surface area (Å²) in [6.07, 6.45) is 11.8. The Hall–Kier alpha value is -0.651. The van der Waals surface area contributed by atoms with Gasteiger partial charge in [-0.1, -0.05) is 0 Å². The third kappa shape index (κ3) is 4.99. The van der Waals surface area contributed by atoms with Gasteiger partial charge < -0.3 is 0 Å². The van der Waals surface area contributed by atoms with Gasteiger partial charge in [0.25, 0.3) is 0 Å². The van der Waals surface area contributed by atoms with E-state index in [9.17, 15) is 4.39 Å². The number of fused-ring (bicyclic) bond motifs is 1. The molecule has 0 aliphatic rings. The molecule has 0 aromatic carbocycles. The molecule has 0 saturated carbocycles. The second-order valence-electron chi connectivity index (χ2n) is 8.19. The van der Waals surface area contributed by atoms with Gasteiger partial charge in [-0.05, 0) is 0 Å². The maximum absolute atomic E-state index is 14.3. The molecule has 2 aromatic rings. The zero-order valence-corrected chi connectivity index (χ0v) is 20.2. The number of hydrogen-bond donors (Lipinski definition) is 0. The first-order valence-corrected chi connectivity index (χ1v) is 17.9. The first-order chi connectivity index (χ1) is 12.4. The molecular weight excluding hydrogens is 432 g/mol. The molecule has 5 heteroatoms. The molecule has 0 unspecified atom stereocenters. The Bertz CT molecular complexity index is 668. The molecule has 3 nitrogen and oxygen atoms in total. The summed E-state index contributed by atoms with van der Waals surface area (Å²) < 4.78 is 22.2. The van der Waals surface area contributed by atoms with Crippen LogP contribution in [-0.4, -0.2) is 32.7 Å². The number of hydrogen-bond acceptors (Lipinski definition) is 2. The van der Waals surface area contributed by atoms with Crippen LogP contribution in [0.15, 0.2) is 18.5 Å². The average molecular weight is 468 g/mol. The Kier molecular flexibility index (Phi) is 7.92. The molecule has 146 valence electrons. The van der Waals surface area contributed by atoms with Crippen LogP contribution in [0.25, 0.3) is 5.78 Å². The van der Waals surface area contributed by atoms with Gasteiger partial charge in [-0.15, -0.1) is 0 Å². The fourth-order valence-corrected chi connectivity index (χ4v) is 20.0. The van der Waals surface area contributed by atoms with E-state index in [1.807, 2.05) is 12.3 Å². The summed E-state index contributed by atoms with van der Waals surface area (Å²) in [5.74, 6) is 0.675. The van der Waals surface area contributed by atoms with E-state index in [0.29, 0.717) is 11.5 Å². The molecule has 0 N–H and O–H groups in total. The average Bonchev–Trinajstić information content (AvgIpc) is 3.04. The van der Waals surface area contributed by atoms with Gasteiger partial charge in [-0.25, -0.2) is 0 Å². The van der Waals surface area contributed by atoms with Crippen molar-refractivity contribution in [1.29, 1.82) is 0 Å². The summed E-state index contributed by atoms with van der Waals surface area (Å²) in [5.41, 5.74) is -0.959. The van der Waals surface area contributed by atoms with Gasteiger partial charge in [0.15, 0.2) is 0 Å². The van der Waals surface area contributed by atoms with Crippen LogP contribution in [0.1, 0.15) is 78.8 Å². The van der Waals surface area contributed by atoms with Gasteiger partial charge in [0.05, 0.1) is 0 Å². The van der Waals surface area contributed by atoms with Crippen molar-refractivity contribution in [2.45, 2.75) is 92.1 Å². The van der Waals surface area contributed by atoms with Gasteiger partial charge in [0, 0.05) is 0 Å². The van der Waals surface area contributed by atoms with Gasteiger partial charge >= 0.3 is 163 Å². The van der Waals surface area contributed by atoms with Crippen LogP contribution >= 0.6 is 0 Å². The Labute approximate surface area is 162 Å². The van der Waals surface area contributed by atoms with Crippen molar-refractivity contribution in [2.24, 2.45) is 0 Å². The van der Waals surface area contributed by atoms with Crippen molar-refractivity contribution in [2.75, 3.05) is 0 Å². The Morgan fingerprint density at radius 1 is 1.00 bits per heavy atom. The first kappa shape index (κ1) is 21.6. The fourth-order valence-electron chi connectivity index (χ4n) is 3.90. The van der Waals surface area contributed by atoms with E-state index in [4.69, 9.17) is 0 Å². The zero-order valence-electron chi connectivity index (χ0n) is 17.3. The Morgan fingerprint density at radius 2 is 1.54 bits per heavy atom. The molecule has 0 amide bonds. The van der Waals surface area contributed by atoms with E-state index in [1.165, 1.54) is 55.5 Å². The van der Waals surface area contributed by atoms with Crippen molar-refractivity contribution < 1.29 is 4.39 Å². The fraction of sp³-hybridized carbons (Fsp3) is 0.714. The molecule has 26 heavy (non-hydrogen) atoms. The van der Waals surface area contributed by atoms with Crippen molar-refractivity contribution in [3.05, 3.63) is 24.2 Å². The molecule has 0 saturated heterocycles. The van der Waals surface area contributed by atoms with Crippen LogP contribution in [0.2, 0.25) is 13.3 Å².